The van der Waals surface area contributed by atoms with Crippen molar-refractivity contribution in [1.29, 1.82) is 0 Å². The fourth-order valence-corrected chi connectivity index (χ4v) is 4.00. The lowest BCUT2D eigenvalue weighted by molar-refractivity contribution is -0.141. The van der Waals surface area contributed by atoms with Gasteiger partial charge in [0.1, 0.15) is 21.7 Å². The third-order valence-electron chi connectivity index (χ3n) is 4.20. The molecule has 0 radical (unpaired) electrons. The predicted molar refractivity (Wildman–Crippen MR) is 95.2 cm³/mol. The molecule has 0 unspecified atom stereocenters. The van der Waals surface area contributed by atoms with Crippen LogP contribution in [0.25, 0.3) is 10.6 Å². The lowest BCUT2D eigenvalue weighted by Crippen LogP contribution is -2.40. The molecule has 25 heavy (non-hydrogen) atoms. The highest BCUT2D eigenvalue weighted by Crippen LogP contribution is 2.31. The van der Waals surface area contributed by atoms with Gasteiger partial charge in [0, 0.05) is 12.1 Å². The molecule has 1 saturated heterocycles. The van der Waals surface area contributed by atoms with Crippen LogP contribution in [0, 0.1) is 6.92 Å². The number of hydrogen-bond acceptors (Lipinski definition) is 5. The van der Waals surface area contributed by atoms with Crippen LogP contribution in [-0.4, -0.2) is 46.1 Å². The van der Waals surface area contributed by atoms with E-state index in [9.17, 15) is 14.7 Å². The molecule has 2 heterocycles. The van der Waals surface area contributed by atoms with Crippen molar-refractivity contribution in [2.75, 3.05) is 13.2 Å². The average molecular weight is 360 g/mol. The van der Waals surface area contributed by atoms with Crippen LogP contribution < -0.4 is 4.74 Å². The molecule has 1 N–H and O–H groups in total. The van der Waals surface area contributed by atoms with E-state index in [1.807, 2.05) is 31.2 Å². The summed E-state index contributed by atoms with van der Waals surface area (Å²) in [5.41, 5.74) is 1.54. The minimum absolute atomic E-state index is 0.239. The summed E-state index contributed by atoms with van der Waals surface area (Å²) in [5, 5.41) is 10.0. The summed E-state index contributed by atoms with van der Waals surface area (Å²) >= 11 is 1.30. The molecule has 1 aliphatic heterocycles. The summed E-state index contributed by atoms with van der Waals surface area (Å²) in [6.45, 7) is 4.80. The number of carbonyl (C=O) groups excluding carboxylic acids is 1. The first kappa shape index (κ1) is 17.4. The number of carbonyl (C=O) groups is 2. The van der Waals surface area contributed by atoms with Crippen molar-refractivity contribution in [2.24, 2.45) is 0 Å². The molecule has 0 aliphatic carbocycles. The lowest BCUT2D eigenvalue weighted by Gasteiger charge is -2.20. The first-order valence-corrected chi connectivity index (χ1v) is 9.07. The van der Waals surface area contributed by atoms with Gasteiger partial charge in [0.05, 0.1) is 12.3 Å². The van der Waals surface area contributed by atoms with Gasteiger partial charge in [-0.2, -0.15) is 0 Å². The van der Waals surface area contributed by atoms with Crippen LogP contribution in [0.2, 0.25) is 0 Å². The van der Waals surface area contributed by atoms with Gasteiger partial charge in [-0.05, 0) is 51.0 Å². The standard InChI is InChI=1S/C18H20N2O4S/c1-3-24-13-8-6-12(7-9-13)16-19-11(2)15(25-16)17(21)20-10-4-5-14(20)18(22)23/h6-9,14H,3-5,10H2,1-2H3,(H,22,23)/t14-/m1/s1. The highest BCUT2D eigenvalue weighted by atomic mass is 32.1. The quantitative estimate of drug-likeness (QED) is 0.886. The number of rotatable bonds is 5. The van der Waals surface area contributed by atoms with Crippen molar-refractivity contribution in [2.45, 2.75) is 32.7 Å². The molecule has 0 bridgehead atoms. The molecule has 7 heteroatoms. The molecule has 1 aromatic carbocycles. The summed E-state index contributed by atoms with van der Waals surface area (Å²) in [4.78, 5) is 30.6. The van der Waals surface area contributed by atoms with E-state index in [1.54, 1.807) is 6.92 Å². The molecule has 0 spiro atoms. The number of aromatic nitrogens is 1. The van der Waals surface area contributed by atoms with E-state index < -0.39 is 12.0 Å². The zero-order valence-electron chi connectivity index (χ0n) is 14.2. The summed E-state index contributed by atoms with van der Waals surface area (Å²) < 4.78 is 5.43. The van der Waals surface area contributed by atoms with Crippen LogP contribution in [0.3, 0.4) is 0 Å². The number of carboxylic acids is 1. The minimum atomic E-state index is -0.945. The smallest absolute Gasteiger partial charge is 0.326 e. The zero-order valence-corrected chi connectivity index (χ0v) is 15.0. The summed E-state index contributed by atoms with van der Waals surface area (Å²) in [6, 6.07) is 6.83. The van der Waals surface area contributed by atoms with Gasteiger partial charge in [0.25, 0.3) is 5.91 Å². The molecular formula is C18H20N2O4S. The molecule has 132 valence electrons. The Bertz CT molecular complexity index is 785. The Morgan fingerprint density at radius 3 is 2.72 bits per heavy atom. The van der Waals surface area contributed by atoms with Crippen molar-refractivity contribution in [3.63, 3.8) is 0 Å². The van der Waals surface area contributed by atoms with Crippen LogP contribution in [0.4, 0.5) is 0 Å². The summed E-state index contributed by atoms with van der Waals surface area (Å²) in [7, 11) is 0. The molecule has 3 rings (SSSR count). The number of carboxylic acid groups (broad SMARTS) is 1. The maximum Gasteiger partial charge on any atom is 0.326 e. The molecule has 1 amide bonds. The van der Waals surface area contributed by atoms with Crippen molar-refractivity contribution in [1.82, 2.24) is 9.88 Å². The van der Waals surface area contributed by atoms with Gasteiger partial charge in [-0.15, -0.1) is 11.3 Å². The van der Waals surface area contributed by atoms with Gasteiger partial charge in [-0.3, -0.25) is 4.79 Å². The van der Waals surface area contributed by atoms with E-state index in [-0.39, 0.29) is 5.91 Å². The molecule has 2 aromatic rings. The number of aryl methyl sites for hydroxylation is 1. The number of thiazole rings is 1. The Kier molecular flexibility index (Phi) is 5.03. The van der Waals surface area contributed by atoms with Gasteiger partial charge in [0.2, 0.25) is 0 Å². The molecule has 1 atom stereocenters. The normalized spacial score (nSPS) is 16.9. The van der Waals surface area contributed by atoms with Gasteiger partial charge in [-0.1, -0.05) is 0 Å². The minimum Gasteiger partial charge on any atom is -0.494 e. The number of hydrogen-bond donors (Lipinski definition) is 1. The maximum atomic E-state index is 12.8. The number of aliphatic carboxylic acids is 1. The molecule has 1 aromatic heterocycles. The van der Waals surface area contributed by atoms with E-state index in [2.05, 4.69) is 4.98 Å². The zero-order chi connectivity index (χ0) is 18.0. The Balaban J connectivity index is 1.84. The Hall–Kier alpha value is -2.41. The summed E-state index contributed by atoms with van der Waals surface area (Å²) in [5.74, 6) is -0.394. The highest BCUT2D eigenvalue weighted by molar-refractivity contribution is 7.17. The van der Waals surface area contributed by atoms with E-state index >= 15 is 0 Å². The second-order valence-corrected chi connectivity index (χ2v) is 6.88. The number of ether oxygens (including phenoxy) is 1. The molecular weight excluding hydrogens is 340 g/mol. The van der Waals surface area contributed by atoms with Crippen molar-refractivity contribution >= 4 is 23.2 Å². The van der Waals surface area contributed by atoms with Crippen LogP contribution in [0.1, 0.15) is 35.1 Å². The largest absolute Gasteiger partial charge is 0.494 e. The number of amides is 1. The van der Waals surface area contributed by atoms with Crippen molar-refractivity contribution in [3.05, 3.63) is 34.8 Å². The van der Waals surface area contributed by atoms with Gasteiger partial charge < -0.3 is 14.7 Å². The monoisotopic (exact) mass is 360 g/mol. The molecule has 0 saturated carbocycles. The second kappa shape index (κ2) is 7.23. The summed E-state index contributed by atoms with van der Waals surface area (Å²) in [6.07, 6.45) is 1.22. The number of benzene rings is 1. The molecule has 1 aliphatic rings. The highest BCUT2D eigenvalue weighted by Gasteiger charge is 2.35. The van der Waals surface area contributed by atoms with Crippen LogP contribution >= 0.6 is 11.3 Å². The topological polar surface area (TPSA) is 79.7 Å². The van der Waals surface area contributed by atoms with Crippen molar-refractivity contribution in [3.8, 4) is 16.3 Å². The van der Waals surface area contributed by atoms with E-state index in [0.29, 0.717) is 36.6 Å². The van der Waals surface area contributed by atoms with Crippen LogP contribution in [-0.2, 0) is 4.79 Å². The second-order valence-electron chi connectivity index (χ2n) is 5.89. The SMILES string of the molecule is CCOc1ccc(-c2nc(C)c(C(=O)N3CCC[C@@H]3C(=O)O)s2)cc1. The van der Waals surface area contributed by atoms with E-state index in [4.69, 9.17) is 4.74 Å². The van der Waals surface area contributed by atoms with Gasteiger partial charge in [0.15, 0.2) is 0 Å². The Labute approximate surface area is 150 Å². The third kappa shape index (κ3) is 3.51. The van der Waals surface area contributed by atoms with Crippen molar-refractivity contribution < 1.29 is 19.4 Å². The van der Waals surface area contributed by atoms with Crippen LogP contribution in [0.5, 0.6) is 5.75 Å². The molecule has 6 nitrogen and oxygen atoms in total. The van der Waals surface area contributed by atoms with E-state index in [0.717, 1.165) is 16.3 Å². The molecule has 1 fully saturated rings. The first-order valence-electron chi connectivity index (χ1n) is 8.25. The van der Waals surface area contributed by atoms with Gasteiger partial charge in [-0.25, -0.2) is 9.78 Å². The average Bonchev–Trinajstić information content (AvgIpc) is 3.22. The predicted octanol–water partition coefficient (Wildman–Crippen LogP) is 3.21. The van der Waals surface area contributed by atoms with Gasteiger partial charge >= 0.3 is 5.97 Å². The fraction of sp³-hybridized carbons (Fsp3) is 0.389. The Morgan fingerprint density at radius 1 is 1.36 bits per heavy atom. The number of nitrogens with zero attached hydrogens (tertiary/aromatic N) is 2. The Morgan fingerprint density at radius 2 is 2.08 bits per heavy atom. The number of likely N-dealkylation sites (tertiary alicyclic amines) is 1. The fourth-order valence-electron chi connectivity index (χ4n) is 2.98. The first-order chi connectivity index (χ1) is 12.0. The van der Waals surface area contributed by atoms with E-state index in [1.165, 1.54) is 16.2 Å². The third-order valence-corrected chi connectivity index (χ3v) is 5.40. The lowest BCUT2D eigenvalue weighted by atomic mass is 10.2. The maximum absolute atomic E-state index is 12.8. The van der Waals surface area contributed by atoms with Crippen LogP contribution in [0.15, 0.2) is 24.3 Å².